The second-order valence-corrected chi connectivity index (χ2v) is 9.44. The number of aromatic nitrogens is 2. The molecule has 1 aromatic heterocycles. The molecule has 1 amide bonds. The van der Waals surface area contributed by atoms with Crippen LogP contribution in [0.25, 0.3) is 5.69 Å². The summed E-state index contributed by atoms with van der Waals surface area (Å²) >= 11 is 0. The number of aryl methyl sites for hydroxylation is 1. The van der Waals surface area contributed by atoms with E-state index < -0.39 is 10.0 Å². The molecule has 3 aromatic carbocycles. The maximum Gasteiger partial charge on any atom is 0.261 e. The molecule has 0 aliphatic rings. The van der Waals surface area contributed by atoms with Crippen LogP contribution >= 0.6 is 0 Å². The van der Waals surface area contributed by atoms with Crippen molar-refractivity contribution < 1.29 is 13.2 Å². The fraction of sp³-hybridized carbons (Fsp3) is 0.120. The maximum absolute atomic E-state index is 12.8. The number of rotatable bonds is 7. The minimum Gasteiger partial charge on any atom is -0.346 e. The van der Waals surface area contributed by atoms with Crippen LogP contribution in [0.4, 0.5) is 5.69 Å². The van der Waals surface area contributed by atoms with Gasteiger partial charge in [0.1, 0.15) is 0 Å². The van der Waals surface area contributed by atoms with E-state index in [1.165, 1.54) is 6.07 Å². The molecule has 7 nitrogen and oxygen atoms in total. The van der Waals surface area contributed by atoms with Gasteiger partial charge in [-0.25, -0.2) is 13.4 Å². The average Bonchev–Trinajstić information content (AvgIpc) is 3.34. The molecule has 1 atom stereocenters. The zero-order valence-corrected chi connectivity index (χ0v) is 19.1. The molecule has 0 fully saturated rings. The third-order valence-corrected chi connectivity index (χ3v) is 6.65. The first kappa shape index (κ1) is 22.3. The summed E-state index contributed by atoms with van der Waals surface area (Å²) in [6.45, 7) is 3.79. The molecule has 33 heavy (non-hydrogen) atoms. The fourth-order valence-electron chi connectivity index (χ4n) is 3.37. The second-order valence-electron chi connectivity index (χ2n) is 7.76. The van der Waals surface area contributed by atoms with E-state index in [0.29, 0.717) is 11.3 Å². The molecule has 0 aliphatic carbocycles. The molecule has 168 valence electrons. The lowest BCUT2D eigenvalue weighted by Crippen LogP contribution is -2.26. The van der Waals surface area contributed by atoms with Crippen LogP contribution in [-0.2, 0) is 10.0 Å². The molecular formula is C25H24N4O3S. The third-order valence-electron chi connectivity index (χ3n) is 5.25. The Kier molecular flexibility index (Phi) is 6.28. The summed E-state index contributed by atoms with van der Waals surface area (Å²) in [5, 5.41) is 2.96. The van der Waals surface area contributed by atoms with Crippen molar-refractivity contribution in [2.75, 3.05) is 4.72 Å². The fourth-order valence-corrected chi connectivity index (χ4v) is 4.42. The van der Waals surface area contributed by atoms with E-state index in [0.717, 1.165) is 16.8 Å². The van der Waals surface area contributed by atoms with Crippen molar-refractivity contribution in [3.05, 3.63) is 108 Å². The topological polar surface area (TPSA) is 93.1 Å². The lowest BCUT2D eigenvalue weighted by Gasteiger charge is -2.16. The van der Waals surface area contributed by atoms with Gasteiger partial charge in [0.15, 0.2) is 0 Å². The number of hydrogen-bond donors (Lipinski definition) is 2. The van der Waals surface area contributed by atoms with Crippen molar-refractivity contribution in [2.24, 2.45) is 0 Å². The normalized spacial score (nSPS) is 12.2. The Labute approximate surface area is 193 Å². The first-order chi connectivity index (χ1) is 15.8. The largest absolute Gasteiger partial charge is 0.346 e. The molecule has 0 spiro atoms. The van der Waals surface area contributed by atoms with Crippen LogP contribution in [0.1, 0.15) is 34.5 Å². The quantitative estimate of drug-likeness (QED) is 0.425. The SMILES string of the molecule is Cc1ccc(S(=O)(=O)Nc2cccc(C(=O)N[C@@H](C)c3ccc(-n4ccnc4)cc3)c2)cc1. The Morgan fingerprint density at radius 3 is 2.39 bits per heavy atom. The van der Waals surface area contributed by atoms with Gasteiger partial charge < -0.3 is 9.88 Å². The van der Waals surface area contributed by atoms with E-state index >= 15 is 0 Å². The molecule has 0 unspecified atom stereocenters. The van der Waals surface area contributed by atoms with Crippen molar-refractivity contribution in [1.29, 1.82) is 0 Å². The number of benzene rings is 3. The van der Waals surface area contributed by atoms with Gasteiger partial charge in [-0.3, -0.25) is 9.52 Å². The highest BCUT2D eigenvalue weighted by molar-refractivity contribution is 7.92. The molecule has 1 heterocycles. The first-order valence-corrected chi connectivity index (χ1v) is 11.9. The van der Waals surface area contributed by atoms with Gasteiger partial charge in [0, 0.05) is 29.3 Å². The van der Waals surface area contributed by atoms with Crippen molar-refractivity contribution in [3.8, 4) is 5.69 Å². The van der Waals surface area contributed by atoms with Crippen LogP contribution in [0.2, 0.25) is 0 Å². The van der Waals surface area contributed by atoms with E-state index in [-0.39, 0.29) is 16.8 Å². The summed E-state index contributed by atoms with van der Waals surface area (Å²) in [6, 6.07) is 20.6. The Hall–Kier alpha value is -3.91. The van der Waals surface area contributed by atoms with Crippen LogP contribution in [0, 0.1) is 6.92 Å². The number of sulfonamides is 1. The highest BCUT2D eigenvalue weighted by atomic mass is 32.2. The van der Waals surface area contributed by atoms with Gasteiger partial charge >= 0.3 is 0 Å². The van der Waals surface area contributed by atoms with Gasteiger partial charge in [-0.2, -0.15) is 0 Å². The number of nitrogens with one attached hydrogen (secondary N) is 2. The van der Waals surface area contributed by atoms with Crippen LogP contribution < -0.4 is 10.0 Å². The van der Waals surface area contributed by atoms with Gasteiger partial charge in [0.2, 0.25) is 0 Å². The predicted molar refractivity (Wildman–Crippen MR) is 128 cm³/mol. The highest BCUT2D eigenvalue weighted by Gasteiger charge is 2.16. The van der Waals surface area contributed by atoms with Crippen LogP contribution in [0.5, 0.6) is 0 Å². The molecular weight excluding hydrogens is 436 g/mol. The Bertz CT molecular complexity index is 1350. The minimum absolute atomic E-state index is 0.163. The number of carbonyl (C=O) groups is 1. The predicted octanol–water partition coefficient (Wildman–Crippen LogP) is 4.47. The van der Waals surface area contributed by atoms with Crippen molar-refractivity contribution >= 4 is 21.6 Å². The molecule has 0 radical (unpaired) electrons. The lowest BCUT2D eigenvalue weighted by molar-refractivity contribution is 0.0940. The number of amides is 1. The zero-order valence-electron chi connectivity index (χ0n) is 18.3. The second kappa shape index (κ2) is 9.30. The number of hydrogen-bond acceptors (Lipinski definition) is 4. The molecule has 0 saturated heterocycles. The minimum atomic E-state index is -3.75. The molecule has 4 aromatic rings. The summed E-state index contributed by atoms with van der Waals surface area (Å²) in [5.74, 6) is -0.294. The summed E-state index contributed by atoms with van der Waals surface area (Å²) in [7, 11) is -3.75. The molecule has 0 saturated carbocycles. The van der Waals surface area contributed by atoms with E-state index in [1.807, 2.05) is 48.9 Å². The Morgan fingerprint density at radius 2 is 1.73 bits per heavy atom. The van der Waals surface area contributed by atoms with Crippen LogP contribution in [-0.4, -0.2) is 23.9 Å². The standard InChI is InChI=1S/C25H24N4O3S/c1-18-6-12-24(13-7-18)33(31,32)28-22-5-3-4-21(16-22)25(30)27-19(2)20-8-10-23(11-9-20)29-15-14-26-17-29/h3-17,19,28H,1-2H3,(H,27,30)/t19-/m0/s1. The lowest BCUT2D eigenvalue weighted by atomic mass is 10.1. The average molecular weight is 461 g/mol. The summed E-state index contributed by atoms with van der Waals surface area (Å²) in [5.41, 5.74) is 3.58. The maximum atomic E-state index is 12.8. The van der Waals surface area contributed by atoms with Gasteiger partial charge in [-0.15, -0.1) is 0 Å². The summed E-state index contributed by atoms with van der Waals surface area (Å²) in [6.07, 6.45) is 5.30. The Balaban J connectivity index is 1.44. The molecule has 0 bridgehead atoms. The van der Waals surface area contributed by atoms with Crippen LogP contribution in [0.3, 0.4) is 0 Å². The smallest absolute Gasteiger partial charge is 0.261 e. The van der Waals surface area contributed by atoms with Crippen molar-refractivity contribution in [3.63, 3.8) is 0 Å². The first-order valence-electron chi connectivity index (χ1n) is 10.4. The molecule has 0 aliphatic heterocycles. The molecule has 8 heteroatoms. The number of imidazole rings is 1. The summed E-state index contributed by atoms with van der Waals surface area (Å²) < 4.78 is 29.7. The van der Waals surface area contributed by atoms with E-state index in [2.05, 4.69) is 15.0 Å². The van der Waals surface area contributed by atoms with Crippen molar-refractivity contribution in [2.45, 2.75) is 24.8 Å². The molecule has 2 N–H and O–H groups in total. The highest BCUT2D eigenvalue weighted by Crippen LogP contribution is 2.20. The monoisotopic (exact) mass is 460 g/mol. The van der Waals surface area contributed by atoms with Gasteiger partial charge in [0.05, 0.1) is 17.3 Å². The molecule has 4 rings (SSSR count). The third kappa shape index (κ3) is 5.30. The number of carbonyl (C=O) groups excluding carboxylic acids is 1. The van der Waals surface area contributed by atoms with Crippen molar-refractivity contribution in [1.82, 2.24) is 14.9 Å². The van der Waals surface area contributed by atoms with Gasteiger partial charge in [-0.1, -0.05) is 35.9 Å². The number of nitrogens with zero attached hydrogens (tertiary/aromatic N) is 2. The Morgan fingerprint density at radius 1 is 1.00 bits per heavy atom. The van der Waals surface area contributed by atoms with Gasteiger partial charge in [-0.05, 0) is 61.9 Å². The van der Waals surface area contributed by atoms with E-state index in [1.54, 1.807) is 55.0 Å². The van der Waals surface area contributed by atoms with Crippen LogP contribution in [0.15, 0.2) is 96.4 Å². The van der Waals surface area contributed by atoms with E-state index in [4.69, 9.17) is 0 Å². The summed E-state index contributed by atoms with van der Waals surface area (Å²) in [4.78, 5) is 17.0. The zero-order chi connectivity index (χ0) is 23.4. The van der Waals surface area contributed by atoms with E-state index in [9.17, 15) is 13.2 Å². The number of anilines is 1. The van der Waals surface area contributed by atoms with Gasteiger partial charge in [0.25, 0.3) is 15.9 Å².